The Morgan fingerprint density at radius 1 is 1.62 bits per heavy atom. The molecule has 5 heteroatoms. The molecule has 2 heterocycles. The summed E-state index contributed by atoms with van der Waals surface area (Å²) in [4.78, 5) is 10.8. The van der Waals surface area contributed by atoms with Gasteiger partial charge in [0.2, 0.25) is 0 Å². The smallest absolute Gasteiger partial charge is 0.339 e. The maximum atomic E-state index is 10.8. The Morgan fingerprint density at radius 3 is 3.19 bits per heavy atom. The quantitative estimate of drug-likeness (QED) is 0.806. The molecular weight excluding hydrogens is 210 g/mol. The number of furan rings is 1. The molecule has 1 unspecified atom stereocenters. The second kappa shape index (κ2) is 5.14. The van der Waals surface area contributed by atoms with E-state index < -0.39 is 5.97 Å². The summed E-state index contributed by atoms with van der Waals surface area (Å²) in [5.74, 6) is -0.483. The predicted octanol–water partition coefficient (Wildman–Crippen LogP) is 1.25. The van der Waals surface area contributed by atoms with Crippen LogP contribution in [0.15, 0.2) is 16.7 Å². The molecule has 0 aliphatic carbocycles. The van der Waals surface area contributed by atoms with Crippen molar-refractivity contribution < 1.29 is 19.1 Å². The third kappa shape index (κ3) is 2.62. The van der Waals surface area contributed by atoms with Gasteiger partial charge in [-0.1, -0.05) is 0 Å². The Hall–Kier alpha value is -1.33. The molecule has 2 N–H and O–H groups in total. The van der Waals surface area contributed by atoms with Crippen molar-refractivity contribution in [1.29, 1.82) is 0 Å². The molecule has 1 aromatic rings. The monoisotopic (exact) mass is 225 g/mol. The Morgan fingerprint density at radius 2 is 2.50 bits per heavy atom. The van der Waals surface area contributed by atoms with E-state index in [1.165, 1.54) is 12.3 Å². The fourth-order valence-corrected chi connectivity index (χ4v) is 1.81. The summed E-state index contributed by atoms with van der Waals surface area (Å²) in [6, 6.07) is 1.76. The Kier molecular flexibility index (Phi) is 3.58. The van der Waals surface area contributed by atoms with Crippen molar-refractivity contribution in [2.24, 2.45) is 0 Å². The summed E-state index contributed by atoms with van der Waals surface area (Å²) in [6.45, 7) is 1.94. The topological polar surface area (TPSA) is 71.7 Å². The van der Waals surface area contributed by atoms with Gasteiger partial charge >= 0.3 is 5.97 Å². The lowest BCUT2D eigenvalue weighted by Crippen LogP contribution is -2.36. The Balaban J connectivity index is 1.88. The molecule has 16 heavy (non-hydrogen) atoms. The van der Waals surface area contributed by atoms with Gasteiger partial charge in [-0.2, -0.15) is 0 Å². The van der Waals surface area contributed by atoms with Crippen LogP contribution in [0.5, 0.6) is 0 Å². The van der Waals surface area contributed by atoms with Crippen LogP contribution in [0.25, 0.3) is 0 Å². The molecular formula is C11H15NO4. The van der Waals surface area contributed by atoms with Gasteiger partial charge < -0.3 is 19.6 Å². The van der Waals surface area contributed by atoms with Crippen LogP contribution < -0.4 is 5.32 Å². The highest BCUT2D eigenvalue weighted by atomic mass is 16.5. The van der Waals surface area contributed by atoms with Crippen molar-refractivity contribution in [3.63, 3.8) is 0 Å². The van der Waals surface area contributed by atoms with Crippen LogP contribution in [-0.2, 0) is 11.3 Å². The van der Waals surface area contributed by atoms with E-state index in [2.05, 4.69) is 5.32 Å². The SMILES string of the molecule is O=C(O)c1ccoc1CNC1CCCOC1. The first-order chi connectivity index (χ1) is 7.77. The minimum atomic E-state index is -0.953. The standard InChI is InChI=1S/C11H15NO4/c13-11(14)9-3-5-16-10(9)6-12-8-2-1-4-15-7-8/h3,5,8,12H,1-2,4,6-7H2,(H,13,14). The number of hydrogen-bond donors (Lipinski definition) is 2. The Labute approximate surface area is 93.4 Å². The van der Waals surface area contributed by atoms with E-state index in [1.807, 2.05) is 0 Å². The van der Waals surface area contributed by atoms with Crippen LogP contribution in [0.3, 0.4) is 0 Å². The number of aromatic carboxylic acids is 1. The maximum Gasteiger partial charge on any atom is 0.339 e. The molecule has 1 aromatic heterocycles. The zero-order chi connectivity index (χ0) is 11.4. The van der Waals surface area contributed by atoms with Crippen LogP contribution in [0.2, 0.25) is 0 Å². The average Bonchev–Trinajstić information content (AvgIpc) is 2.76. The zero-order valence-corrected chi connectivity index (χ0v) is 8.94. The number of hydrogen-bond acceptors (Lipinski definition) is 4. The molecule has 1 aliphatic rings. The molecule has 0 radical (unpaired) electrons. The number of carboxylic acid groups (broad SMARTS) is 1. The van der Waals surface area contributed by atoms with E-state index in [9.17, 15) is 4.79 Å². The van der Waals surface area contributed by atoms with E-state index in [4.69, 9.17) is 14.3 Å². The highest BCUT2D eigenvalue weighted by molar-refractivity contribution is 5.88. The summed E-state index contributed by atoms with van der Waals surface area (Å²) >= 11 is 0. The first-order valence-corrected chi connectivity index (χ1v) is 5.38. The highest BCUT2D eigenvalue weighted by Crippen LogP contribution is 2.12. The lowest BCUT2D eigenvalue weighted by Gasteiger charge is -2.22. The molecule has 0 spiro atoms. The molecule has 0 saturated carbocycles. The molecule has 0 amide bonds. The van der Waals surface area contributed by atoms with Crippen LogP contribution in [-0.4, -0.2) is 30.3 Å². The van der Waals surface area contributed by atoms with Gasteiger partial charge in [0, 0.05) is 12.6 Å². The molecule has 88 valence electrons. The van der Waals surface area contributed by atoms with Crippen molar-refractivity contribution in [3.05, 3.63) is 23.7 Å². The molecule has 0 aromatic carbocycles. The third-order valence-electron chi connectivity index (χ3n) is 2.69. The molecule has 1 fully saturated rings. The van der Waals surface area contributed by atoms with Crippen LogP contribution in [0.1, 0.15) is 29.0 Å². The van der Waals surface area contributed by atoms with Gasteiger partial charge in [0.1, 0.15) is 11.3 Å². The molecule has 1 saturated heterocycles. The molecule has 1 atom stereocenters. The average molecular weight is 225 g/mol. The summed E-state index contributed by atoms with van der Waals surface area (Å²) in [5.41, 5.74) is 0.226. The van der Waals surface area contributed by atoms with E-state index in [1.54, 1.807) is 0 Å². The fourth-order valence-electron chi connectivity index (χ4n) is 1.81. The normalized spacial score (nSPS) is 20.9. The predicted molar refractivity (Wildman–Crippen MR) is 56.3 cm³/mol. The van der Waals surface area contributed by atoms with Gasteiger partial charge in [0.05, 0.1) is 19.4 Å². The number of carbonyl (C=O) groups is 1. The number of rotatable bonds is 4. The van der Waals surface area contributed by atoms with Crippen molar-refractivity contribution in [2.45, 2.75) is 25.4 Å². The van der Waals surface area contributed by atoms with E-state index >= 15 is 0 Å². The van der Waals surface area contributed by atoms with Gasteiger partial charge in [0.15, 0.2) is 0 Å². The second-order valence-corrected chi connectivity index (χ2v) is 3.86. The van der Waals surface area contributed by atoms with Crippen LogP contribution >= 0.6 is 0 Å². The first kappa shape index (κ1) is 11.2. The minimum absolute atomic E-state index is 0.226. The number of ether oxygens (including phenoxy) is 1. The van der Waals surface area contributed by atoms with Gasteiger partial charge in [0.25, 0.3) is 0 Å². The summed E-state index contributed by atoms with van der Waals surface area (Å²) in [5, 5.41) is 12.1. The lowest BCUT2D eigenvalue weighted by molar-refractivity contribution is 0.0678. The molecule has 2 rings (SSSR count). The maximum absolute atomic E-state index is 10.8. The van der Waals surface area contributed by atoms with Crippen molar-refractivity contribution in [3.8, 4) is 0 Å². The second-order valence-electron chi connectivity index (χ2n) is 3.86. The summed E-state index contributed by atoms with van der Waals surface area (Å²) in [6.07, 6.45) is 3.50. The summed E-state index contributed by atoms with van der Waals surface area (Å²) < 4.78 is 10.5. The molecule has 0 bridgehead atoms. The third-order valence-corrected chi connectivity index (χ3v) is 2.69. The first-order valence-electron chi connectivity index (χ1n) is 5.38. The summed E-state index contributed by atoms with van der Waals surface area (Å²) in [7, 11) is 0. The van der Waals surface area contributed by atoms with Gasteiger partial charge in [-0.3, -0.25) is 0 Å². The van der Waals surface area contributed by atoms with E-state index in [-0.39, 0.29) is 5.56 Å². The number of carboxylic acids is 1. The molecule has 5 nitrogen and oxygen atoms in total. The van der Waals surface area contributed by atoms with Gasteiger partial charge in [-0.15, -0.1) is 0 Å². The van der Waals surface area contributed by atoms with Crippen molar-refractivity contribution in [1.82, 2.24) is 5.32 Å². The number of nitrogens with one attached hydrogen (secondary N) is 1. The largest absolute Gasteiger partial charge is 0.478 e. The van der Waals surface area contributed by atoms with Crippen molar-refractivity contribution >= 4 is 5.97 Å². The van der Waals surface area contributed by atoms with E-state index in [0.29, 0.717) is 25.0 Å². The molecule has 1 aliphatic heterocycles. The minimum Gasteiger partial charge on any atom is -0.478 e. The van der Waals surface area contributed by atoms with Gasteiger partial charge in [-0.25, -0.2) is 4.79 Å². The van der Waals surface area contributed by atoms with Crippen LogP contribution in [0.4, 0.5) is 0 Å². The zero-order valence-electron chi connectivity index (χ0n) is 8.94. The van der Waals surface area contributed by atoms with Crippen molar-refractivity contribution in [2.75, 3.05) is 13.2 Å². The van der Waals surface area contributed by atoms with Crippen LogP contribution in [0, 0.1) is 0 Å². The Bertz CT molecular complexity index is 355. The highest BCUT2D eigenvalue weighted by Gasteiger charge is 2.17. The van der Waals surface area contributed by atoms with E-state index in [0.717, 1.165) is 19.4 Å². The lowest BCUT2D eigenvalue weighted by atomic mass is 10.1. The fraction of sp³-hybridized carbons (Fsp3) is 0.545. The van der Waals surface area contributed by atoms with Gasteiger partial charge in [-0.05, 0) is 18.9 Å².